The zero-order chi connectivity index (χ0) is 20.6. The monoisotopic (exact) mass is 388 g/mol. The molecule has 2 N–H and O–H groups in total. The van der Waals surface area contributed by atoms with E-state index in [0.29, 0.717) is 6.42 Å². The molecule has 2 amide bonds. The minimum absolute atomic E-state index is 0.213. The van der Waals surface area contributed by atoms with Crippen LogP contribution in [0.15, 0.2) is 83.0 Å². The highest BCUT2D eigenvalue weighted by molar-refractivity contribution is 5.83. The molecule has 0 saturated heterocycles. The van der Waals surface area contributed by atoms with Gasteiger partial charge in [0.1, 0.15) is 0 Å². The highest BCUT2D eigenvalue weighted by atomic mass is 16.2. The quantitative estimate of drug-likeness (QED) is 0.479. The van der Waals surface area contributed by atoms with E-state index in [2.05, 4.69) is 21.1 Å². The van der Waals surface area contributed by atoms with E-state index in [1.807, 2.05) is 72.8 Å². The fourth-order valence-electron chi connectivity index (χ4n) is 2.26. The van der Waals surface area contributed by atoms with Crippen LogP contribution in [0.4, 0.5) is 0 Å². The largest absolute Gasteiger partial charge is 0.273 e. The first kappa shape index (κ1) is 21.5. The van der Waals surface area contributed by atoms with Crippen molar-refractivity contribution in [1.29, 1.82) is 0 Å². The van der Waals surface area contributed by atoms with Crippen LogP contribution in [0.3, 0.4) is 0 Å². The van der Waals surface area contributed by atoms with Gasteiger partial charge in [-0.05, 0) is 29.7 Å². The third-order valence-electron chi connectivity index (χ3n) is 3.68. The third kappa shape index (κ3) is 10.2. The Balaban J connectivity index is 1.55. The van der Waals surface area contributed by atoms with E-state index in [-0.39, 0.29) is 24.7 Å². The lowest BCUT2D eigenvalue weighted by Crippen LogP contribution is -2.20. The van der Waals surface area contributed by atoms with Crippen molar-refractivity contribution >= 4 is 36.4 Å². The molecule has 0 aromatic heterocycles. The van der Waals surface area contributed by atoms with Crippen molar-refractivity contribution in [3.63, 3.8) is 0 Å². The first-order valence-electron chi connectivity index (χ1n) is 9.31. The van der Waals surface area contributed by atoms with E-state index in [1.54, 1.807) is 12.2 Å². The number of allylic oxidation sites excluding steroid dienone is 2. The van der Waals surface area contributed by atoms with Crippen molar-refractivity contribution in [1.82, 2.24) is 10.9 Å². The molecule has 2 aromatic carbocycles. The van der Waals surface area contributed by atoms with Crippen LogP contribution >= 0.6 is 0 Å². The SMILES string of the molecule is O=C(CCCC(=O)N/N=C/C=C\c1ccccc1)N/N=C\C=C/c1ccccc1. The molecule has 0 aliphatic carbocycles. The van der Waals surface area contributed by atoms with E-state index in [4.69, 9.17) is 0 Å². The average molecular weight is 388 g/mol. The molecule has 29 heavy (non-hydrogen) atoms. The summed E-state index contributed by atoms with van der Waals surface area (Å²) in [6.45, 7) is 0. The van der Waals surface area contributed by atoms with Crippen LogP contribution < -0.4 is 10.9 Å². The number of carbonyl (C=O) groups excluding carboxylic acids is 2. The second-order valence-corrected chi connectivity index (χ2v) is 6.02. The average Bonchev–Trinajstić information content (AvgIpc) is 2.75. The Morgan fingerprint density at radius 1 is 0.690 bits per heavy atom. The van der Waals surface area contributed by atoms with Gasteiger partial charge in [0.25, 0.3) is 0 Å². The topological polar surface area (TPSA) is 82.9 Å². The molecular weight excluding hydrogens is 364 g/mol. The molecule has 0 spiro atoms. The second-order valence-electron chi connectivity index (χ2n) is 6.02. The molecule has 0 saturated carbocycles. The molecule has 0 fully saturated rings. The van der Waals surface area contributed by atoms with Crippen LogP contribution in [-0.4, -0.2) is 24.2 Å². The van der Waals surface area contributed by atoms with Gasteiger partial charge in [-0.2, -0.15) is 10.2 Å². The summed E-state index contributed by atoms with van der Waals surface area (Å²) in [5, 5.41) is 7.67. The fraction of sp³-hybridized carbons (Fsp3) is 0.130. The highest BCUT2D eigenvalue weighted by Crippen LogP contribution is 2.00. The van der Waals surface area contributed by atoms with Gasteiger partial charge in [-0.15, -0.1) is 0 Å². The standard InChI is InChI=1S/C23H24N4O2/c28-22(26-24-18-8-14-20-10-3-1-4-11-20)16-7-17-23(29)27-25-19-9-15-21-12-5-2-6-13-21/h1-6,8-15,18-19H,7,16-17H2,(H,26,28)(H,27,29)/b14-8-,15-9-,24-18-,25-19+. The number of hydrazone groups is 2. The van der Waals surface area contributed by atoms with Crippen LogP contribution in [0.25, 0.3) is 12.2 Å². The number of rotatable bonds is 10. The Bertz CT molecular complexity index is 799. The van der Waals surface area contributed by atoms with Crippen molar-refractivity contribution in [2.24, 2.45) is 10.2 Å². The molecular formula is C23H24N4O2. The van der Waals surface area contributed by atoms with Crippen LogP contribution in [0.2, 0.25) is 0 Å². The summed E-state index contributed by atoms with van der Waals surface area (Å²) in [5.41, 5.74) is 6.95. The third-order valence-corrected chi connectivity index (χ3v) is 3.68. The van der Waals surface area contributed by atoms with E-state index >= 15 is 0 Å². The van der Waals surface area contributed by atoms with Gasteiger partial charge < -0.3 is 0 Å². The Labute approximate surface area is 170 Å². The maximum Gasteiger partial charge on any atom is 0.240 e. The Hall–Kier alpha value is -3.80. The molecule has 0 bridgehead atoms. The lowest BCUT2D eigenvalue weighted by molar-refractivity contribution is -0.122. The number of nitrogens with zero attached hydrogens (tertiary/aromatic N) is 2. The first-order chi connectivity index (χ1) is 14.2. The fourth-order valence-corrected chi connectivity index (χ4v) is 2.26. The molecule has 6 nitrogen and oxygen atoms in total. The number of hydrogen-bond donors (Lipinski definition) is 2. The van der Waals surface area contributed by atoms with E-state index in [0.717, 1.165) is 11.1 Å². The zero-order valence-corrected chi connectivity index (χ0v) is 16.1. The lowest BCUT2D eigenvalue weighted by atomic mass is 10.2. The summed E-state index contributed by atoms with van der Waals surface area (Å²) in [4.78, 5) is 23.3. The van der Waals surface area contributed by atoms with Crippen LogP contribution in [0, 0.1) is 0 Å². The van der Waals surface area contributed by atoms with Crippen LogP contribution in [-0.2, 0) is 9.59 Å². The summed E-state index contributed by atoms with van der Waals surface area (Å²) in [6.07, 6.45) is 11.1. The molecule has 0 radical (unpaired) electrons. The minimum atomic E-state index is -0.239. The number of carbonyl (C=O) groups is 2. The van der Waals surface area contributed by atoms with E-state index in [1.165, 1.54) is 12.4 Å². The first-order valence-corrected chi connectivity index (χ1v) is 9.31. The molecule has 0 aliphatic heterocycles. The van der Waals surface area contributed by atoms with Gasteiger partial charge in [0, 0.05) is 25.3 Å². The second kappa shape index (κ2) is 13.4. The predicted octanol–water partition coefficient (Wildman–Crippen LogP) is 3.79. The van der Waals surface area contributed by atoms with Crippen LogP contribution in [0.5, 0.6) is 0 Å². The normalized spacial score (nSPS) is 11.6. The summed E-state index contributed by atoms with van der Waals surface area (Å²) >= 11 is 0. The summed E-state index contributed by atoms with van der Waals surface area (Å²) in [6, 6.07) is 19.6. The minimum Gasteiger partial charge on any atom is -0.273 e. The molecule has 6 heteroatoms. The number of nitrogens with one attached hydrogen (secondary N) is 2. The van der Waals surface area contributed by atoms with Gasteiger partial charge >= 0.3 is 0 Å². The van der Waals surface area contributed by atoms with Crippen molar-refractivity contribution in [2.45, 2.75) is 19.3 Å². The van der Waals surface area contributed by atoms with E-state index < -0.39 is 0 Å². The number of amides is 2. The molecule has 0 unspecified atom stereocenters. The molecule has 0 aliphatic rings. The molecule has 148 valence electrons. The van der Waals surface area contributed by atoms with E-state index in [9.17, 15) is 9.59 Å². The van der Waals surface area contributed by atoms with Gasteiger partial charge in [-0.1, -0.05) is 72.8 Å². The maximum absolute atomic E-state index is 11.7. The van der Waals surface area contributed by atoms with Crippen LogP contribution in [0.1, 0.15) is 30.4 Å². The predicted molar refractivity (Wildman–Crippen MR) is 118 cm³/mol. The Kier molecular flexibility index (Phi) is 9.92. The van der Waals surface area contributed by atoms with Crippen molar-refractivity contribution in [3.8, 4) is 0 Å². The summed E-state index contributed by atoms with van der Waals surface area (Å²) < 4.78 is 0. The number of hydrogen-bond acceptors (Lipinski definition) is 4. The van der Waals surface area contributed by atoms with Crippen molar-refractivity contribution < 1.29 is 9.59 Å². The van der Waals surface area contributed by atoms with Crippen molar-refractivity contribution in [2.75, 3.05) is 0 Å². The summed E-state index contributed by atoms with van der Waals surface area (Å²) in [7, 11) is 0. The molecule has 2 aromatic rings. The molecule has 0 atom stereocenters. The molecule has 2 rings (SSSR count). The number of benzene rings is 2. The summed E-state index contributed by atoms with van der Waals surface area (Å²) in [5.74, 6) is -0.479. The van der Waals surface area contributed by atoms with Gasteiger partial charge in [0.15, 0.2) is 0 Å². The smallest absolute Gasteiger partial charge is 0.240 e. The lowest BCUT2D eigenvalue weighted by Gasteiger charge is -1.99. The van der Waals surface area contributed by atoms with Crippen molar-refractivity contribution in [3.05, 3.63) is 83.9 Å². The Morgan fingerprint density at radius 2 is 1.10 bits per heavy atom. The Morgan fingerprint density at radius 3 is 1.52 bits per heavy atom. The highest BCUT2D eigenvalue weighted by Gasteiger charge is 2.03. The van der Waals surface area contributed by atoms with Gasteiger partial charge in [0.05, 0.1) is 0 Å². The van der Waals surface area contributed by atoms with Gasteiger partial charge in [0.2, 0.25) is 11.8 Å². The van der Waals surface area contributed by atoms with Gasteiger partial charge in [-0.25, -0.2) is 10.9 Å². The maximum atomic E-state index is 11.7. The zero-order valence-electron chi connectivity index (χ0n) is 16.1. The molecule has 0 heterocycles. The van der Waals surface area contributed by atoms with Gasteiger partial charge in [-0.3, -0.25) is 9.59 Å².